The van der Waals surface area contributed by atoms with E-state index >= 15 is 0 Å². The van der Waals surface area contributed by atoms with Crippen molar-refractivity contribution in [2.24, 2.45) is 7.05 Å². The molecule has 2 rings (SSSR count). The Morgan fingerprint density at radius 3 is 2.56 bits per heavy atom. The Hall–Kier alpha value is -2.50. The Labute approximate surface area is 103 Å². The Kier molecular flexibility index (Phi) is 3.18. The highest BCUT2D eigenvalue weighted by Gasteiger charge is 2.07. The van der Waals surface area contributed by atoms with Crippen LogP contribution in [0.4, 0.5) is 5.82 Å². The van der Waals surface area contributed by atoms with E-state index in [0.29, 0.717) is 0 Å². The molecule has 0 aliphatic heterocycles. The van der Waals surface area contributed by atoms with Gasteiger partial charge in [-0.2, -0.15) is 0 Å². The normalized spacial score (nSPS) is 10.3. The first-order valence-corrected chi connectivity index (χ1v) is 5.35. The molecule has 1 heterocycles. The molecular formula is C12H13N3O3. The third kappa shape index (κ3) is 2.27. The van der Waals surface area contributed by atoms with Crippen LogP contribution in [0, 0.1) is 0 Å². The van der Waals surface area contributed by atoms with Crippen LogP contribution in [0.2, 0.25) is 0 Å². The SMILES string of the molecule is Cn1c(=O)cc(N)n(OCc2ccccc2)c1=O. The highest BCUT2D eigenvalue weighted by molar-refractivity contribution is 5.25. The van der Waals surface area contributed by atoms with Gasteiger partial charge < -0.3 is 10.6 Å². The quantitative estimate of drug-likeness (QED) is 0.811. The summed E-state index contributed by atoms with van der Waals surface area (Å²) >= 11 is 0. The zero-order valence-corrected chi connectivity index (χ0v) is 9.87. The molecule has 0 amide bonds. The van der Waals surface area contributed by atoms with E-state index in [1.54, 1.807) is 0 Å². The van der Waals surface area contributed by atoms with Crippen LogP contribution in [0.5, 0.6) is 0 Å². The average Bonchev–Trinajstić information content (AvgIpc) is 2.37. The van der Waals surface area contributed by atoms with Gasteiger partial charge in [-0.3, -0.25) is 9.36 Å². The van der Waals surface area contributed by atoms with Crippen molar-refractivity contribution in [3.63, 3.8) is 0 Å². The van der Waals surface area contributed by atoms with Crippen LogP contribution in [-0.2, 0) is 13.7 Å². The lowest BCUT2D eigenvalue weighted by Gasteiger charge is -2.11. The monoisotopic (exact) mass is 247 g/mol. The van der Waals surface area contributed by atoms with Crippen molar-refractivity contribution in [2.75, 3.05) is 5.73 Å². The van der Waals surface area contributed by atoms with E-state index in [-0.39, 0.29) is 12.4 Å². The topological polar surface area (TPSA) is 79.2 Å². The summed E-state index contributed by atoms with van der Waals surface area (Å²) in [6, 6.07) is 10.5. The third-order valence-corrected chi connectivity index (χ3v) is 2.50. The molecule has 0 unspecified atom stereocenters. The Balaban J connectivity index is 2.28. The Morgan fingerprint density at radius 1 is 1.22 bits per heavy atom. The number of nitrogens with zero attached hydrogens (tertiary/aromatic N) is 2. The highest BCUT2D eigenvalue weighted by atomic mass is 16.7. The van der Waals surface area contributed by atoms with Gasteiger partial charge in [0.05, 0.1) is 0 Å². The molecular weight excluding hydrogens is 234 g/mol. The van der Waals surface area contributed by atoms with Crippen molar-refractivity contribution in [3.8, 4) is 0 Å². The minimum Gasteiger partial charge on any atom is -0.403 e. The molecule has 1 aromatic carbocycles. The van der Waals surface area contributed by atoms with Crippen LogP contribution in [-0.4, -0.2) is 9.30 Å². The molecule has 0 spiro atoms. The first-order valence-electron chi connectivity index (χ1n) is 5.35. The molecule has 0 saturated heterocycles. The molecule has 0 radical (unpaired) electrons. The van der Waals surface area contributed by atoms with E-state index in [9.17, 15) is 9.59 Å². The Morgan fingerprint density at radius 2 is 1.89 bits per heavy atom. The largest absolute Gasteiger partial charge is 0.403 e. The lowest BCUT2D eigenvalue weighted by atomic mass is 10.2. The first-order chi connectivity index (χ1) is 8.59. The zero-order chi connectivity index (χ0) is 13.1. The van der Waals surface area contributed by atoms with Gasteiger partial charge in [0.15, 0.2) is 5.82 Å². The van der Waals surface area contributed by atoms with Gasteiger partial charge in [0.25, 0.3) is 5.56 Å². The van der Waals surface area contributed by atoms with Gasteiger partial charge in [0, 0.05) is 13.1 Å². The Bertz CT molecular complexity index is 659. The van der Waals surface area contributed by atoms with E-state index in [1.807, 2.05) is 30.3 Å². The van der Waals surface area contributed by atoms with Gasteiger partial charge in [-0.25, -0.2) is 4.79 Å². The first kappa shape index (κ1) is 12.0. The van der Waals surface area contributed by atoms with Crippen molar-refractivity contribution in [2.45, 2.75) is 6.61 Å². The molecule has 0 bridgehead atoms. The molecule has 0 aliphatic carbocycles. The molecule has 2 aromatic rings. The fourth-order valence-corrected chi connectivity index (χ4v) is 1.47. The summed E-state index contributed by atoms with van der Waals surface area (Å²) in [7, 11) is 1.37. The van der Waals surface area contributed by atoms with E-state index < -0.39 is 11.2 Å². The summed E-state index contributed by atoms with van der Waals surface area (Å²) < 4.78 is 1.84. The van der Waals surface area contributed by atoms with Crippen LogP contribution in [0.1, 0.15) is 5.56 Å². The molecule has 18 heavy (non-hydrogen) atoms. The average molecular weight is 247 g/mol. The van der Waals surface area contributed by atoms with Crippen molar-refractivity contribution in [3.05, 3.63) is 62.8 Å². The molecule has 0 aliphatic rings. The fraction of sp³-hybridized carbons (Fsp3) is 0.167. The number of nitrogen functional groups attached to an aromatic ring is 1. The minimum atomic E-state index is -0.601. The van der Waals surface area contributed by atoms with Crippen LogP contribution >= 0.6 is 0 Å². The van der Waals surface area contributed by atoms with Crippen molar-refractivity contribution < 1.29 is 4.84 Å². The molecule has 0 atom stereocenters. The van der Waals surface area contributed by atoms with E-state index in [4.69, 9.17) is 10.6 Å². The van der Waals surface area contributed by atoms with Crippen LogP contribution < -0.4 is 21.8 Å². The summed E-state index contributed by atoms with van der Waals surface area (Å²) in [6.07, 6.45) is 0. The number of anilines is 1. The standard InChI is InChI=1S/C12H13N3O3/c1-14-11(16)7-10(13)15(12(14)17)18-8-9-5-3-2-4-6-9/h2-7H,8,13H2,1H3. The summed E-state index contributed by atoms with van der Waals surface area (Å²) in [6.45, 7) is 0.198. The number of rotatable bonds is 3. The second-order valence-corrected chi connectivity index (χ2v) is 3.80. The molecule has 6 heteroatoms. The van der Waals surface area contributed by atoms with Crippen molar-refractivity contribution in [1.82, 2.24) is 9.30 Å². The minimum absolute atomic E-state index is 0.0148. The van der Waals surface area contributed by atoms with Crippen LogP contribution in [0.3, 0.4) is 0 Å². The maximum atomic E-state index is 11.8. The number of aromatic nitrogens is 2. The summed E-state index contributed by atoms with van der Waals surface area (Å²) in [5, 5.41) is 0. The molecule has 0 fully saturated rings. The molecule has 2 N–H and O–H groups in total. The lowest BCUT2D eigenvalue weighted by Crippen LogP contribution is -2.41. The number of hydrogen-bond acceptors (Lipinski definition) is 4. The van der Waals surface area contributed by atoms with Gasteiger partial charge in [0.1, 0.15) is 6.61 Å². The van der Waals surface area contributed by atoms with Gasteiger partial charge in [-0.15, -0.1) is 4.73 Å². The second kappa shape index (κ2) is 4.79. The van der Waals surface area contributed by atoms with Gasteiger partial charge in [-0.1, -0.05) is 30.3 Å². The fourth-order valence-electron chi connectivity index (χ4n) is 1.47. The van der Waals surface area contributed by atoms with Crippen LogP contribution in [0.15, 0.2) is 46.0 Å². The zero-order valence-electron chi connectivity index (χ0n) is 9.87. The summed E-state index contributed by atoms with van der Waals surface area (Å²) in [4.78, 5) is 28.4. The molecule has 1 aromatic heterocycles. The third-order valence-electron chi connectivity index (χ3n) is 2.50. The number of hydrogen-bond donors (Lipinski definition) is 1. The van der Waals surface area contributed by atoms with Gasteiger partial charge in [0.2, 0.25) is 0 Å². The van der Waals surface area contributed by atoms with Gasteiger partial charge >= 0.3 is 5.69 Å². The number of benzene rings is 1. The maximum Gasteiger partial charge on any atom is 0.365 e. The second-order valence-electron chi connectivity index (χ2n) is 3.80. The van der Waals surface area contributed by atoms with Crippen LogP contribution in [0.25, 0.3) is 0 Å². The smallest absolute Gasteiger partial charge is 0.365 e. The summed E-state index contributed by atoms with van der Waals surface area (Å²) in [5.74, 6) is -0.0148. The molecule has 0 saturated carbocycles. The van der Waals surface area contributed by atoms with E-state index in [1.165, 1.54) is 7.05 Å². The highest BCUT2D eigenvalue weighted by Crippen LogP contribution is 1.99. The number of nitrogens with two attached hydrogens (primary N) is 1. The summed E-state index contributed by atoms with van der Waals surface area (Å²) in [5.41, 5.74) is 5.42. The van der Waals surface area contributed by atoms with Crippen molar-refractivity contribution >= 4 is 5.82 Å². The lowest BCUT2D eigenvalue weighted by molar-refractivity contribution is 0.0878. The molecule has 94 valence electrons. The predicted octanol–water partition coefficient (Wildman–Crippen LogP) is -0.242. The van der Waals surface area contributed by atoms with E-state index in [2.05, 4.69) is 0 Å². The van der Waals surface area contributed by atoms with Crippen molar-refractivity contribution in [1.29, 1.82) is 0 Å². The molecule has 6 nitrogen and oxygen atoms in total. The van der Waals surface area contributed by atoms with Gasteiger partial charge in [-0.05, 0) is 5.56 Å². The van der Waals surface area contributed by atoms with E-state index in [0.717, 1.165) is 20.9 Å². The predicted molar refractivity (Wildman–Crippen MR) is 67.1 cm³/mol. The maximum absolute atomic E-state index is 11.8.